The molecule has 1 heterocycles. The normalized spacial score (nSPS) is 11.5. The van der Waals surface area contributed by atoms with Crippen LogP contribution in [0.4, 0.5) is 4.39 Å². The number of nitrogens with zero attached hydrogens (tertiary/aromatic N) is 3. The number of rotatable bonds is 4. The Morgan fingerprint density at radius 3 is 2.14 bits per heavy atom. The first-order chi connectivity index (χ1) is 13.5. The lowest BCUT2D eigenvalue weighted by molar-refractivity contribution is 0.0882. The Labute approximate surface area is 169 Å². The SMILES string of the molecule is Cc1cc(C)c(S(=O)(=O)N(C)C(=O)c2cnn(-c3ccc(F)cc3)c2C)c(C)c1. The second kappa shape index (κ2) is 7.44. The van der Waals surface area contributed by atoms with E-state index in [2.05, 4.69) is 5.10 Å². The molecule has 0 atom stereocenters. The number of halogens is 1. The van der Waals surface area contributed by atoms with Crippen molar-refractivity contribution < 1.29 is 17.6 Å². The van der Waals surface area contributed by atoms with Gasteiger partial charge >= 0.3 is 0 Å². The van der Waals surface area contributed by atoms with Crippen LogP contribution in [0.2, 0.25) is 0 Å². The van der Waals surface area contributed by atoms with Crippen LogP contribution >= 0.6 is 0 Å². The predicted octanol–water partition coefficient (Wildman–Crippen LogP) is 3.71. The van der Waals surface area contributed by atoms with E-state index in [1.54, 1.807) is 32.9 Å². The molecule has 152 valence electrons. The minimum absolute atomic E-state index is 0.127. The van der Waals surface area contributed by atoms with Gasteiger partial charge in [-0.05, 0) is 63.1 Å². The van der Waals surface area contributed by atoms with Crippen molar-refractivity contribution in [1.29, 1.82) is 0 Å². The average Bonchev–Trinajstić information content (AvgIpc) is 3.01. The van der Waals surface area contributed by atoms with Gasteiger partial charge in [-0.25, -0.2) is 21.8 Å². The van der Waals surface area contributed by atoms with Crippen molar-refractivity contribution in [2.75, 3.05) is 7.05 Å². The lowest BCUT2D eigenvalue weighted by Gasteiger charge is -2.20. The van der Waals surface area contributed by atoms with E-state index in [4.69, 9.17) is 0 Å². The molecule has 8 heteroatoms. The topological polar surface area (TPSA) is 72.3 Å². The number of aromatic nitrogens is 2. The van der Waals surface area contributed by atoms with Gasteiger partial charge in [-0.3, -0.25) is 4.79 Å². The third kappa shape index (κ3) is 3.67. The monoisotopic (exact) mass is 415 g/mol. The Kier molecular flexibility index (Phi) is 5.32. The lowest BCUT2D eigenvalue weighted by Crippen LogP contribution is -2.34. The number of hydrogen-bond donors (Lipinski definition) is 0. The summed E-state index contributed by atoms with van der Waals surface area (Å²) in [5.41, 5.74) is 3.30. The molecule has 0 aliphatic carbocycles. The molecule has 0 unspecified atom stereocenters. The highest BCUT2D eigenvalue weighted by atomic mass is 32.2. The zero-order valence-corrected chi connectivity index (χ0v) is 17.7. The fourth-order valence-corrected chi connectivity index (χ4v) is 4.97. The molecule has 3 rings (SSSR count). The number of carbonyl (C=O) groups excluding carboxylic acids is 1. The van der Waals surface area contributed by atoms with Crippen LogP contribution in [-0.2, 0) is 10.0 Å². The van der Waals surface area contributed by atoms with E-state index >= 15 is 0 Å². The molecule has 0 aliphatic heterocycles. The van der Waals surface area contributed by atoms with Gasteiger partial charge < -0.3 is 0 Å². The quantitative estimate of drug-likeness (QED) is 0.651. The molecule has 1 amide bonds. The van der Waals surface area contributed by atoms with Crippen molar-refractivity contribution in [2.24, 2.45) is 0 Å². The zero-order chi connectivity index (χ0) is 21.5. The fourth-order valence-electron chi connectivity index (χ4n) is 3.45. The van der Waals surface area contributed by atoms with Gasteiger partial charge in [0.1, 0.15) is 5.82 Å². The summed E-state index contributed by atoms with van der Waals surface area (Å²) in [5, 5.41) is 4.17. The first kappa shape index (κ1) is 20.7. The summed E-state index contributed by atoms with van der Waals surface area (Å²) >= 11 is 0. The van der Waals surface area contributed by atoms with E-state index in [-0.39, 0.29) is 16.3 Å². The largest absolute Gasteiger partial charge is 0.270 e. The van der Waals surface area contributed by atoms with Gasteiger partial charge in [0.25, 0.3) is 15.9 Å². The van der Waals surface area contributed by atoms with E-state index < -0.39 is 15.9 Å². The summed E-state index contributed by atoms with van der Waals surface area (Å²) in [6.07, 6.45) is 1.32. The van der Waals surface area contributed by atoms with Crippen LogP contribution in [0.3, 0.4) is 0 Å². The van der Waals surface area contributed by atoms with Crippen LogP contribution in [0.1, 0.15) is 32.7 Å². The molecule has 29 heavy (non-hydrogen) atoms. The molecule has 0 saturated heterocycles. The number of carbonyl (C=O) groups is 1. The van der Waals surface area contributed by atoms with Gasteiger partial charge in [0.05, 0.1) is 28.0 Å². The zero-order valence-electron chi connectivity index (χ0n) is 16.9. The standard InChI is InChI=1S/C21H22FN3O3S/c1-13-10-14(2)20(15(3)11-13)29(27,28)24(5)21(26)19-12-23-25(16(19)4)18-8-6-17(22)7-9-18/h6-12H,1-5H3. The number of hydrogen-bond acceptors (Lipinski definition) is 4. The van der Waals surface area contributed by atoms with Crippen molar-refractivity contribution in [3.63, 3.8) is 0 Å². The average molecular weight is 415 g/mol. The first-order valence-corrected chi connectivity index (χ1v) is 10.4. The van der Waals surface area contributed by atoms with Crippen molar-refractivity contribution in [3.05, 3.63) is 76.4 Å². The van der Waals surface area contributed by atoms with Crippen molar-refractivity contribution >= 4 is 15.9 Å². The summed E-state index contributed by atoms with van der Waals surface area (Å²) in [6.45, 7) is 6.97. The minimum Gasteiger partial charge on any atom is -0.268 e. The Morgan fingerprint density at radius 1 is 1.03 bits per heavy atom. The predicted molar refractivity (Wildman–Crippen MR) is 108 cm³/mol. The molecule has 6 nitrogen and oxygen atoms in total. The molecule has 2 aromatic carbocycles. The Morgan fingerprint density at radius 2 is 1.59 bits per heavy atom. The molecule has 0 fully saturated rings. The molecule has 3 aromatic rings. The van der Waals surface area contributed by atoms with E-state index in [0.717, 1.165) is 9.87 Å². The van der Waals surface area contributed by atoms with E-state index in [9.17, 15) is 17.6 Å². The first-order valence-electron chi connectivity index (χ1n) is 8.95. The molecule has 1 aromatic heterocycles. The van der Waals surface area contributed by atoms with Crippen LogP contribution in [0.5, 0.6) is 0 Å². The molecule has 0 N–H and O–H groups in total. The van der Waals surface area contributed by atoms with Crippen molar-refractivity contribution in [3.8, 4) is 5.69 Å². The highest BCUT2D eigenvalue weighted by Crippen LogP contribution is 2.26. The van der Waals surface area contributed by atoms with Gasteiger partial charge in [0.2, 0.25) is 0 Å². The second-order valence-corrected chi connectivity index (χ2v) is 8.94. The summed E-state index contributed by atoms with van der Waals surface area (Å²) in [7, 11) is -2.80. The summed E-state index contributed by atoms with van der Waals surface area (Å²) in [4.78, 5) is 13.1. The Bertz CT molecular complexity index is 1180. The molecule has 0 spiro atoms. The minimum atomic E-state index is -4.05. The molecule has 0 saturated carbocycles. The van der Waals surface area contributed by atoms with Gasteiger partial charge in [-0.15, -0.1) is 0 Å². The van der Waals surface area contributed by atoms with Gasteiger partial charge in [-0.2, -0.15) is 5.10 Å². The van der Waals surface area contributed by atoms with E-state index in [1.807, 2.05) is 6.92 Å². The van der Waals surface area contributed by atoms with Crippen LogP contribution in [0.15, 0.2) is 47.5 Å². The number of sulfonamides is 1. The van der Waals surface area contributed by atoms with Crippen LogP contribution < -0.4 is 0 Å². The van der Waals surface area contributed by atoms with Crippen molar-refractivity contribution in [2.45, 2.75) is 32.6 Å². The van der Waals surface area contributed by atoms with Gasteiger partial charge in [0, 0.05) is 7.05 Å². The molecule has 0 aliphatic rings. The van der Waals surface area contributed by atoms with E-state index in [0.29, 0.717) is 22.5 Å². The number of benzene rings is 2. The number of aryl methyl sites for hydroxylation is 3. The van der Waals surface area contributed by atoms with Crippen LogP contribution in [0, 0.1) is 33.5 Å². The molecular weight excluding hydrogens is 393 g/mol. The maximum Gasteiger partial charge on any atom is 0.270 e. The van der Waals surface area contributed by atoms with Crippen LogP contribution in [-0.4, -0.2) is 35.5 Å². The van der Waals surface area contributed by atoms with Gasteiger partial charge in [0.15, 0.2) is 0 Å². The molecule has 0 radical (unpaired) electrons. The van der Waals surface area contributed by atoms with Crippen LogP contribution in [0.25, 0.3) is 5.69 Å². The summed E-state index contributed by atoms with van der Waals surface area (Å²) < 4.78 is 41.7. The summed E-state index contributed by atoms with van der Waals surface area (Å²) in [6, 6.07) is 9.19. The molecular formula is C21H22FN3O3S. The highest BCUT2D eigenvalue weighted by Gasteiger charge is 2.31. The van der Waals surface area contributed by atoms with Gasteiger partial charge in [-0.1, -0.05) is 17.7 Å². The third-order valence-corrected chi connectivity index (χ3v) is 6.87. The highest BCUT2D eigenvalue weighted by molar-refractivity contribution is 7.89. The summed E-state index contributed by atoms with van der Waals surface area (Å²) in [5.74, 6) is -1.07. The van der Waals surface area contributed by atoms with Crippen molar-refractivity contribution in [1.82, 2.24) is 14.1 Å². The fraction of sp³-hybridized carbons (Fsp3) is 0.238. The smallest absolute Gasteiger partial charge is 0.268 e. The maximum absolute atomic E-state index is 13.2. The number of amides is 1. The Balaban J connectivity index is 2.00. The lowest BCUT2D eigenvalue weighted by atomic mass is 10.1. The Hall–Kier alpha value is -3.00. The second-order valence-electron chi connectivity index (χ2n) is 7.04. The molecule has 0 bridgehead atoms. The maximum atomic E-state index is 13.2. The van der Waals surface area contributed by atoms with E-state index in [1.165, 1.54) is 42.2 Å². The third-order valence-electron chi connectivity index (χ3n) is 4.82.